The van der Waals surface area contributed by atoms with Crippen LogP contribution in [0.4, 0.5) is 11.5 Å². The third-order valence-electron chi connectivity index (χ3n) is 2.27. The van der Waals surface area contributed by atoms with E-state index in [1.165, 1.54) is 12.3 Å². The van der Waals surface area contributed by atoms with Gasteiger partial charge in [0.15, 0.2) is 5.76 Å². The molecule has 7 heteroatoms. The van der Waals surface area contributed by atoms with Gasteiger partial charge >= 0.3 is 5.97 Å². The van der Waals surface area contributed by atoms with Crippen LogP contribution in [0.25, 0.3) is 0 Å². The molecule has 0 aromatic carbocycles. The minimum absolute atomic E-state index is 0.0496. The lowest BCUT2D eigenvalue weighted by Crippen LogP contribution is -2.06. The quantitative estimate of drug-likeness (QED) is 0.746. The summed E-state index contributed by atoms with van der Waals surface area (Å²) in [6, 6.07) is 3.14. The van der Waals surface area contributed by atoms with Crippen LogP contribution in [-0.2, 0) is 6.54 Å². The molecule has 18 heavy (non-hydrogen) atoms. The van der Waals surface area contributed by atoms with E-state index < -0.39 is 5.97 Å². The third-order valence-corrected chi connectivity index (χ3v) is 2.27. The maximum atomic E-state index is 10.7. The Balaban J connectivity index is 2.08. The number of hydrogen-bond donors (Lipinski definition) is 3. The molecule has 0 unspecified atom stereocenters. The van der Waals surface area contributed by atoms with Crippen molar-refractivity contribution in [2.75, 3.05) is 11.1 Å². The van der Waals surface area contributed by atoms with Crippen LogP contribution in [0.3, 0.4) is 0 Å². The minimum atomic E-state index is -1.06. The summed E-state index contributed by atoms with van der Waals surface area (Å²) >= 11 is 0. The van der Waals surface area contributed by atoms with Crippen LogP contribution in [-0.4, -0.2) is 21.2 Å². The average molecular weight is 248 g/mol. The van der Waals surface area contributed by atoms with Gasteiger partial charge < -0.3 is 20.7 Å². The molecule has 2 heterocycles. The first-order valence-corrected chi connectivity index (χ1v) is 5.21. The molecular formula is C11H12N4O3. The number of pyridine rings is 1. The summed E-state index contributed by atoms with van der Waals surface area (Å²) in [5.74, 6) is -0.00308. The molecule has 0 saturated carbocycles. The summed E-state index contributed by atoms with van der Waals surface area (Å²) in [6.45, 7) is 2.20. The zero-order valence-corrected chi connectivity index (χ0v) is 9.67. The van der Waals surface area contributed by atoms with Crippen molar-refractivity contribution < 1.29 is 14.4 Å². The van der Waals surface area contributed by atoms with Crippen molar-refractivity contribution >= 4 is 17.5 Å². The second-order valence-corrected chi connectivity index (χ2v) is 3.76. The highest BCUT2D eigenvalue weighted by atomic mass is 16.5. The van der Waals surface area contributed by atoms with Crippen molar-refractivity contribution in [1.29, 1.82) is 0 Å². The van der Waals surface area contributed by atoms with E-state index in [1.807, 2.05) is 6.92 Å². The lowest BCUT2D eigenvalue weighted by Gasteiger charge is -2.06. The number of aromatic carboxylic acids is 1. The molecule has 0 aliphatic rings. The fraction of sp³-hybridized carbons (Fsp3) is 0.182. The van der Waals surface area contributed by atoms with Gasteiger partial charge in [-0.25, -0.2) is 9.78 Å². The molecule has 2 rings (SSSR count). The summed E-state index contributed by atoms with van der Waals surface area (Å²) in [5.41, 5.74) is 6.80. The van der Waals surface area contributed by atoms with Crippen LogP contribution in [0.15, 0.2) is 22.9 Å². The molecule has 4 N–H and O–H groups in total. The summed E-state index contributed by atoms with van der Waals surface area (Å²) in [4.78, 5) is 14.6. The molecule has 0 saturated heterocycles. The summed E-state index contributed by atoms with van der Waals surface area (Å²) < 4.78 is 5.01. The molecule has 0 spiro atoms. The predicted octanol–water partition coefficient (Wildman–Crippen LogP) is 1.27. The molecule has 2 aromatic rings. The van der Waals surface area contributed by atoms with E-state index in [0.717, 1.165) is 5.69 Å². The van der Waals surface area contributed by atoms with Gasteiger partial charge in [0, 0.05) is 12.3 Å². The van der Waals surface area contributed by atoms with Crippen molar-refractivity contribution in [1.82, 2.24) is 10.1 Å². The van der Waals surface area contributed by atoms with E-state index in [4.69, 9.17) is 15.4 Å². The maximum absolute atomic E-state index is 10.7. The van der Waals surface area contributed by atoms with Crippen molar-refractivity contribution in [2.45, 2.75) is 13.5 Å². The number of hydrogen-bond acceptors (Lipinski definition) is 6. The van der Waals surface area contributed by atoms with Gasteiger partial charge in [-0.3, -0.25) is 0 Å². The highest BCUT2D eigenvalue weighted by Gasteiger charge is 2.08. The van der Waals surface area contributed by atoms with Gasteiger partial charge in [-0.15, -0.1) is 0 Å². The van der Waals surface area contributed by atoms with Gasteiger partial charge in [0.25, 0.3) is 0 Å². The third kappa shape index (κ3) is 2.57. The first-order chi connectivity index (χ1) is 8.56. The first kappa shape index (κ1) is 11.9. The van der Waals surface area contributed by atoms with E-state index >= 15 is 0 Å². The number of aromatic nitrogens is 2. The average Bonchev–Trinajstić information content (AvgIpc) is 2.73. The monoisotopic (exact) mass is 248 g/mol. The van der Waals surface area contributed by atoms with Crippen LogP contribution < -0.4 is 11.1 Å². The second-order valence-electron chi connectivity index (χ2n) is 3.76. The number of rotatable bonds is 4. The molecular weight excluding hydrogens is 236 g/mol. The number of nitrogens with one attached hydrogen (secondary N) is 1. The van der Waals surface area contributed by atoms with Crippen molar-refractivity contribution in [3.05, 3.63) is 35.3 Å². The molecule has 0 radical (unpaired) electrons. The number of carboxylic acids is 1. The Kier molecular flexibility index (Phi) is 3.13. The normalized spacial score (nSPS) is 10.3. The SMILES string of the molecule is Cc1cc(CNc2ncc(C(=O)O)cc2N)on1. The molecule has 0 bridgehead atoms. The van der Waals surface area contributed by atoms with E-state index in [-0.39, 0.29) is 11.3 Å². The number of anilines is 2. The lowest BCUT2D eigenvalue weighted by atomic mass is 10.2. The number of nitrogens with two attached hydrogens (primary N) is 1. The Labute approximate surface area is 103 Å². The summed E-state index contributed by atoms with van der Waals surface area (Å²) in [7, 11) is 0. The van der Waals surface area contributed by atoms with Gasteiger partial charge in [-0.05, 0) is 13.0 Å². The van der Waals surface area contributed by atoms with E-state index in [0.29, 0.717) is 18.1 Å². The molecule has 0 aliphatic heterocycles. The Hall–Kier alpha value is -2.57. The van der Waals surface area contributed by atoms with Gasteiger partial charge in [-0.1, -0.05) is 5.16 Å². The van der Waals surface area contributed by atoms with E-state index in [9.17, 15) is 4.79 Å². The lowest BCUT2D eigenvalue weighted by molar-refractivity contribution is 0.0696. The number of carbonyl (C=O) groups is 1. The Morgan fingerprint density at radius 2 is 2.33 bits per heavy atom. The smallest absolute Gasteiger partial charge is 0.337 e. The standard InChI is InChI=1S/C11H12N4O3/c1-6-2-8(18-15-6)5-14-10-9(12)3-7(4-13-10)11(16)17/h2-4H,5,12H2,1H3,(H,13,14)(H,16,17). The number of aryl methyl sites for hydroxylation is 1. The number of nitrogen functional groups attached to an aromatic ring is 1. The van der Waals surface area contributed by atoms with E-state index in [2.05, 4.69) is 15.5 Å². The van der Waals surface area contributed by atoms with Gasteiger partial charge in [0.1, 0.15) is 5.82 Å². The Morgan fingerprint density at radius 3 is 2.89 bits per heavy atom. The van der Waals surface area contributed by atoms with Crippen molar-refractivity contribution in [2.24, 2.45) is 0 Å². The fourth-order valence-corrected chi connectivity index (χ4v) is 1.42. The highest BCUT2D eigenvalue weighted by Crippen LogP contribution is 2.17. The molecule has 0 aliphatic carbocycles. The highest BCUT2D eigenvalue weighted by molar-refractivity contribution is 5.89. The van der Waals surface area contributed by atoms with Crippen LogP contribution in [0.2, 0.25) is 0 Å². The molecule has 94 valence electrons. The molecule has 0 amide bonds. The largest absolute Gasteiger partial charge is 0.478 e. The zero-order chi connectivity index (χ0) is 13.1. The Bertz CT molecular complexity index is 579. The van der Waals surface area contributed by atoms with Crippen LogP contribution in [0, 0.1) is 6.92 Å². The molecule has 0 atom stereocenters. The van der Waals surface area contributed by atoms with E-state index in [1.54, 1.807) is 6.07 Å². The minimum Gasteiger partial charge on any atom is -0.478 e. The predicted molar refractivity (Wildman–Crippen MR) is 64.2 cm³/mol. The maximum Gasteiger partial charge on any atom is 0.337 e. The summed E-state index contributed by atoms with van der Waals surface area (Å²) in [5, 5.41) is 15.5. The number of carboxylic acid groups (broad SMARTS) is 1. The Morgan fingerprint density at radius 1 is 1.56 bits per heavy atom. The van der Waals surface area contributed by atoms with Crippen LogP contribution in [0.5, 0.6) is 0 Å². The van der Waals surface area contributed by atoms with Gasteiger partial charge in [-0.2, -0.15) is 0 Å². The number of nitrogens with zero attached hydrogens (tertiary/aromatic N) is 2. The van der Waals surface area contributed by atoms with Crippen molar-refractivity contribution in [3.8, 4) is 0 Å². The van der Waals surface area contributed by atoms with Crippen LogP contribution in [0.1, 0.15) is 21.8 Å². The van der Waals surface area contributed by atoms with Crippen LogP contribution >= 0.6 is 0 Å². The molecule has 0 fully saturated rings. The van der Waals surface area contributed by atoms with Gasteiger partial charge in [0.2, 0.25) is 0 Å². The summed E-state index contributed by atoms with van der Waals surface area (Å²) in [6.07, 6.45) is 1.24. The first-order valence-electron chi connectivity index (χ1n) is 5.21. The van der Waals surface area contributed by atoms with Crippen molar-refractivity contribution in [3.63, 3.8) is 0 Å². The molecule has 2 aromatic heterocycles. The topological polar surface area (TPSA) is 114 Å². The second kappa shape index (κ2) is 4.74. The fourth-order valence-electron chi connectivity index (χ4n) is 1.42. The van der Waals surface area contributed by atoms with Gasteiger partial charge in [0.05, 0.1) is 23.5 Å². The molecule has 7 nitrogen and oxygen atoms in total. The zero-order valence-electron chi connectivity index (χ0n) is 9.67.